The van der Waals surface area contributed by atoms with Gasteiger partial charge in [0.05, 0.1) is 0 Å². The second-order valence-electron chi connectivity index (χ2n) is 13.7. The van der Waals surface area contributed by atoms with E-state index in [2.05, 4.69) is 51.7 Å². The second kappa shape index (κ2) is 17.3. The smallest absolute Gasteiger partial charge is 0.272 e. The molecule has 0 saturated heterocycles. The van der Waals surface area contributed by atoms with E-state index in [1.165, 1.54) is 17.3 Å². The molecule has 0 fully saturated rings. The number of fused-ring (bicyclic) bond motifs is 3. The summed E-state index contributed by atoms with van der Waals surface area (Å²) in [5.74, 6) is -1.02. The van der Waals surface area contributed by atoms with Gasteiger partial charge in [0.15, 0.2) is 0 Å². The Morgan fingerprint density at radius 3 is 1.91 bits per heavy atom. The summed E-state index contributed by atoms with van der Waals surface area (Å²) in [4.78, 5) is 41.9. The molecule has 0 spiro atoms. The fourth-order valence-electron chi connectivity index (χ4n) is 7.04. The van der Waals surface area contributed by atoms with Crippen LogP contribution >= 0.6 is 11.8 Å². The third-order valence-electron chi connectivity index (χ3n) is 9.92. The first-order valence-electron chi connectivity index (χ1n) is 19.1. The van der Waals surface area contributed by atoms with Crippen LogP contribution < -0.4 is 16.0 Å². The predicted octanol–water partition coefficient (Wildman–Crippen LogP) is 11.4. The Labute approximate surface area is 341 Å². The standard InChI is InChI=1S/C50H40N4O3S/c1-2-54-45-21-13-12-20-42(45)43-33-40(28-31-46(43)54)52-50(57)47(37-16-8-4-9-17-37)58-41-29-26-39(27-30-41)51-49(56)44(53-48(55)38-18-10-5-11-19-38)32-34-22-24-36(25-23-34)35-14-6-3-7-15-35/h3-33,47H,2H2,1H3,(H,51,56)(H,52,57)(H,53,55)/b44-32-. The molecule has 8 rings (SSSR count). The van der Waals surface area contributed by atoms with Gasteiger partial charge in [-0.1, -0.05) is 121 Å². The van der Waals surface area contributed by atoms with Gasteiger partial charge in [-0.25, -0.2) is 0 Å². The van der Waals surface area contributed by atoms with Gasteiger partial charge in [-0.15, -0.1) is 11.8 Å². The average molecular weight is 777 g/mol. The summed E-state index contributed by atoms with van der Waals surface area (Å²) in [6.07, 6.45) is 1.66. The number of para-hydroxylation sites is 1. The number of nitrogens with zero attached hydrogens (tertiary/aromatic N) is 1. The van der Waals surface area contributed by atoms with Crippen molar-refractivity contribution in [2.45, 2.75) is 23.6 Å². The zero-order valence-electron chi connectivity index (χ0n) is 31.8. The van der Waals surface area contributed by atoms with Crippen LogP contribution in [0.3, 0.4) is 0 Å². The Hall–Kier alpha value is -7.16. The first kappa shape index (κ1) is 37.7. The molecule has 284 valence electrons. The lowest BCUT2D eigenvalue weighted by Gasteiger charge is -2.18. The molecule has 8 heteroatoms. The van der Waals surface area contributed by atoms with Crippen LogP contribution in [0, 0.1) is 0 Å². The number of carbonyl (C=O) groups excluding carboxylic acids is 3. The van der Waals surface area contributed by atoms with Crippen LogP contribution in [0.4, 0.5) is 11.4 Å². The van der Waals surface area contributed by atoms with E-state index in [9.17, 15) is 14.4 Å². The number of aryl methyl sites for hydroxylation is 1. The molecule has 1 heterocycles. The van der Waals surface area contributed by atoms with Gasteiger partial charge < -0.3 is 20.5 Å². The van der Waals surface area contributed by atoms with Crippen molar-refractivity contribution >= 4 is 68.7 Å². The molecule has 1 unspecified atom stereocenters. The van der Waals surface area contributed by atoms with E-state index in [-0.39, 0.29) is 11.6 Å². The molecule has 3 N–H and O–H groups in total. The molecule has 1 atom stereocenters. The number of nitrogens with one attached hydrogen (secondary N) is 3. The molecule has 0 aliphatic heterocycles. The molecule has 3 amide bonds. The van der Waals surface area contributed by atoms with Crippen molar-refractivity contribution in [1.29, 1.82) is 0 Å². The predicted molar refractivity (Wildman–Crippen MR) is 238 cm³/mol. The Bertz CT molecular complexity index is 2750. The maximum atomic E-state index is 14.1. The van der Waals surface area contributed by atoms with Gasteiger partial charge in [0.2, 0.25) is 5.91 Å². The van der Waals surface area contributed by atoms with Gasteiger partial charge in [-0.05, 0) is 95.9 Å². The van der Waals surface area contributed by atoms with Gasteiger partial charge >= 0.3 is 0 Å². The summed E-state index contributed by atoms with van der Waals surface area (Å²) >= 11 is 1.43. The summed E-state index contributed by atoms with van der Waals surface area (Å²) < 4.78 is 2.29. The number of aromatic nitrogens is 1. The number of rotatable bonds is 12. The topological polar surface area (TPSA) is 92.2 Å². The Kier molecular flexibility index (Phi) is 11.3. The Morgan fingerprint density at radius 2 is 1.21 bits per heavy atom. The number of carbonyl (C=O) groups is 3. The van der Waals surface area contributed by atoms with Crippen LogP contribution in [-0.2, 0) is 16.1 Å². The third-order valence-corrected chi connectivity index (χ3v) is 11.2. The fraction of sp³-hybridized carbons (Fsp3) is 0.0600. The molecule has 0 aliphatic carbocycles. The summed E-state index contributed by atoms with van der Waals surface area (Å²) in [5, 5.41) is 10.6. The highest BCUT2D eigenvalue weighted by Gasteiger charge is 2.23. The number of hydrogen-bond acceptors (Lipinski definition) is 4. The number of anilines is 2. The monoisotopic (exact) mass is 776 g/mol. The maximum absolute atomic E-state index is 14.1. The van der Waals surface area contributed by atoms with E-state index in [0.29, 0.717) is 11.3 Å². The van der Waals surface area contributed by atoms with E-state index in [0.717, 1.165) is 55.7 Å². The lowest BCUT2D eigenvalue weighted by atomic mass is 10.0. The molecule has 0 saturated carbocycles. The minimum atomic E-state index is -0.551. The van der Waals surface area contributed by atoms with Crippen LogP contribution in [0.1, 0.15) is 33.7 Å². The van der Waals surface area contributed by atoms with Crippen LogP contribution in [-0.4, -0.2) is 22.3 Å². The summed E-state index contributed by atoms with van der Waals surface area (Å²) in [6.45, 7) is 2.98. The molecule has 0 bridgehead atoms. The normalized spacial score (nSPS) is 11.9. The minimum Gasteiger partial charge on any atom is -0.341 e. The number of hydrogen-bond donors (Lipinski definition) is 3. The first-order chi connectivity index (χ1) is 28.4. The second-order valence-corrected chi connectivity index (χ2v) is 14.9. The lowest BCUT2D eigenvalue weighted by molar-refractivity contribution is -0.116. The van der Waals surface area contributed by atoms with E-state index in [1.807, 2.05) is 121 Å². The van der Waals surface area contributed by atoms with Crippen molar-refractivity contribution in [1.82, 2.24) is 9.88 Å². The quantitative estimate of drug-likeness (QED) is 0.0851. The molecule has 7 aromatic carbocycles. The van der Waals surface area contributed by atoms with Crippen LogP contribution in [0.2, 0.25) is 0 Å². The molecule has 1 aromatic heterocycles. The van der Waals surface area contributed by atoms with Gasteiger partial charge in [0.25, 0.3) is 11.8 Å². The summed E-state index contributed by atoms with van der Waals surface area (Å²) in [5.41, 5.74) is 7.83. The fourth-order valence-corrected chi connectivity index (χ4v) is 8.07. The molecule has 58 heavy (non-hydrogen) atoms. The van der Waals surface area contributed by atoms with Crippen LogP contribution in [0.25, 0.3) is 39.0 Å². The maximum Gasteiger partial charge on any atom is 0.272 e. The van der Waals surface area contributed by atoms with E-state index < -0.39 is 17.1 Å². The Balaban J connectivity index is 1.00. The Morgan fingerprint density at radius 1 is 0.603 bits per heavy atom. The summed E-state index contributed by atoms with van der Waals surface area (Å²) in [6, 6.07) is 58.1. The zero-order chi connectivity index (χ0) is 39.8. The molecule has 7 nitrogen and oxygen atoms in total. The van der Waals surface area contributed by atoms with Crippen LogP contribution in [0.15, 0.2) is 193 Å². The van der Waals surface area contributed by atoms with E-state index >= 15 is 0 Å². The minimum absolute atomic E-state index is 0.0954. The molecular formula is C50H40N4O3S. The van der Waals surface area contributed by atoms with Crippen molar-refractivity contribution in [2.75, 3.05) is 10.6 Å². The van der Waals surface area contributed by atoms with Crippen molar-refractivity contribution in [3.05, 3.63) is 204 Å². The lowest BCUT2D eigenvalue weighted by Crippen LogP contribution is -2.30. The van der Waals surface area contributed by atoms with Gasteiger partial charge in [-0.2, -0.15) is 0 Å². The van der Waals surface area contributed by atoms with Gasteiger partial charge in [0.1, 0.15) is 10.9 Å². The molecule has 8 aromatic rings. The van der Waals surface area contributed by atoms with Crippen molar-refractivity contribution in [2.24, 2.45) is 0 Å². The van der Waals surface area contributed by atoms with Gasteiger partial charge in [0, 0.05) is 50.2 Å². The largest absolute Gasteiger partial charge is 0.341 e. The van der Waals surface area contributed by atoms with Crippen molar-refractivity contribution in [3.63, 3.8) is 0 Å². The first-order valence-corrected chi connectivity index (χ1v) is 20.0. The molecular weight excluding hydrogens is 737 g/mol. The van der Waals surface area contributed by atoms with Crippen molar-refractivity contribution in [3.8, 4) is 11.1 Å². The highest BCUT2D eigenvalue weighted by molar-refractivity contribution is 8.00. The summed E-state index contributed by atoms with van der Waals surface area (Å²) in [7, 11) is 0. The van der Waals surface area contributed by atoms with Crippen molar-refractivity contribution < 1.29 is 14.4 Å². The molecule has 0 aliphatic rings. The molecule has 0 radical (unpaired) electrons. The average Bonchev–Trinajstić information content (AvgIpc) is 3.59. The highest BCUT2D eigenvalue weighted by atomic mass is 32.2. The number of thioether (sulfide) groups is 1. The highest BCUT2D eigenvalue weighted by Crippen LogP contribution is 2.38. The van der Waals surface area contributed by atoms with Crippen LogP contribution in [0.5, 0.6) is 0 Å². The third kappa shape index (κ3) is 8.48. The SMILES string of the molecule is CCn1c2ccccc2c2cc(NC(=O)C(Sc3ccc(NC(=O)/C(=C/c4ccc(-c5ccccc5)cc4)NC(=O)c4ccccc4)cc3)c3ccccc3)ccc21. The van der Waals surface area contributed by atoms with E-state index in [4.69, 9.17) is 0 Å². The number of benzene rings is 7. The van der Waals surface area contributed by atoms with Gasteiger partial charge in [-0.3, -0.25) is 14.4 Å². The van der Waals surface area contributed by atoms with E-state index in [1.54, 1.807) is 42.5 Å². The number of amides is 3. The zero-order valence-corrected chi connectivity index (χ0v) is 32.6.